The van der Waals surface area contributed by atoms with Gasteiger partial charge < -0.3 is 20.8 Å². The van der Waals surface area contributed by atoms with Gasteiger partial charge in [0.25, 0.3) is 0 Å². The topological polar surface area (TPSA) is 131 Å². The van der Waals surface area contributed by atoms with Crippen LogP contribution in [-0.2, 0) is 6.54 Å². The van der Waals surface area contributed by atoms with Gasteiger partial charge in [0.2, 0.25) is 5.95 Å². The van der Waals surface area contributed by atoms with Crippen molar-refractivity contribution in [2.45, 2.75) is 50.8 Å². The molecule has 10 nitrogen and oxygen atoms in total. The lowest BCUT2D eigenvalue weighted by Crippen LogP contribution is -2.41. The first-order valence-corrected chi connectivity index (χ1v) is 11.1. The second-order valence-corrected chi connectivity index (χ2v) is 9.29. The third kappa shape index (κ3) is 3.92. The normalized spacial score (nSPS) is 20.8. The van der Waals surface area contributed by atoms with Crippen molar-refractivity contribution in [1.82, 2.24) is 29.4 Å². The Hall–Kier alpha value is -3.38. The molecule has 12 heteroatoms. The molecule has 1 aliphatic heterocycles. The van der Waals surface area contributed by atoms with Gasteiger partial charge in [0.05, 0.1) is 30.4 Å². The van der Waals surface area contributed by atoms with Crippen molar-refractivity contribution in [1.29, 1.82) is 0 Å². The zero-order valence-electron chi connectivity index (χ0n) is 18.9. The van der Waals surface area contributed by atoms with Crippen LogP contribution in [0.5, 0.6) is 0 Å². The summed E-state index contributed by atoms with van der Waals surface area (Å²) in [6.45, 7) is 4.06. The standard InChI is InChI=1S/C22H26F2N8O2/c1-12-3-4-13(8-31(12)15-7-26-30(9-15)10-22(2,34)11-33)19-28-20-16-5-14(23)6-17(24)18(16)27-21(25)32(20)29-19/h5-7,9,12-13,33-34H,3-4,8,10-11H2,1-2H3,(H2,25,27)/t12-,13+,22?/m1/s1. The maximum atomic E-state index is 14.3. The van der Waals surface area contributed by atoms with Crippen LogP contribution in [0.4, 0.5) is 20.4 Å². The summed E-state index contributed by atoms with van der Waals surface area (Å²) in [6, 6.07) is 2.19. The Morgan fingerprint density at radius 1 is 1.24 bits per heavy atom. The molecule has 180 valence electrons. The molecule has 1 unspecified atom stereocenters. The number of aromatic nitrogens is 6. The van der Waals surface area contributed by atoms with Gasteiger partial charge in [0, 0.05) is 30.8 Å². The number of nitrogen functional groups attached to an aromatic ring is 1. The van der Waals surface area contributed by atoms with Crippen molar-refractivity contribution in [2.75, 3.05) is 23.8 Å². The minimum atomic E-state index is -1.27. The van der Waals surface area contributed by atoms with E-state index in [1.54, 1.807) is 17.8 Å². The first-order valence-electron chi connectivity index (χ1n) is 11.1. The number of aliphatic hydroxyl groups excluding tert-OH is 1. The maximum Gasteiger partial charge on any atom is 0.223 e. The van der Waals surface area contributed by atoms with Crippen LogP contribution in [0.15, 0.2) is 24.5 Å². The van der Waals surface area contributed by atoms with E-state index in [9.17, 15) is 19.0 Å². The lowest BCUT2D eigenvalue weighted by molar-refractivity contribution is -0.0145. The lowest BCUT2D eigenvalue weighted by atomic mass is 9.92. The molecule has 1 fully saturated rings. The van der Waals surface area contributed by atoms with Crippen molar-refractivity contribution < 1.29 is 19.0 Å². The minimum Gasteiger partial charge on any atom is -0.393 e. The van der Waals surface area contributed by atoms with E-state index >= 15 is 0 Å². The Labute approximate surface area is 193 Å². The van der Waals surface area contributed by atoms with Crippen molar-refractivity contribution in [3.8, 4) is 0 Å². The summed E-state index contributed by atoms with van der Waals surface area (Å²) in [6.07, 6.45) is 5.26. The molecular formula is C22H26F2N8O2. The average molecular weight is 473 g/mol. The molecule has 4 heterocycles. The third-order valence-electron chi connectivity index (χ3n) is 6.38. The van der Waals surface area contributed by atoms with E-state index in [1.807, 2.05) is 6.20 Å². The maximum absolute atomic E-state index is 14.3. The third-order valence-corrected chi connectivity index (χ3v) is 6.38. The summed E-state index contributed by atoms with van der Waals surface area (Å²) in [7, 11) is 0. The number of aliphatic hydroxyl groups is 2. The van der Waals surface area contributed by atoms with E-state index in [-0.39, 0.29) is 47.6 Å². The molecule has 1 aliphatic rings. The number of anilines is 2. The number of nitrogens with zero attached hydrogens (tertiary/aromatic N) is 7. The molecule has 34 heavy (non-hydrogen) atoms. The minimum absolute atomic E-state index is 0.0231. The first kappa shape index (κ1) is 22.4. The van der Waals surface area contributed by atoms with Crippen molar-refractivity contribution >= 4 is 28.2 Å². The molecular weight excluding hydrogens is 446 g/mol. The lowest BCUT2D eigenvalue weighted by Gasteiger charge is -2.37. The van der Waals surface area contributed by atoms with E-state index in [4.69, 9.17) is 5.73 Å². The smallest absolute Gasteiger partial charge is 0.223 e. The quantitative estimate of drug-likeness (QED) is 0.401. The molecule has 3 atom stereocenters. The molecule has 4 N–H and O–H groups in total. The predicted molar refractivity (Wildman–Crippen MR) is 121 cm³/mol. The number of hydrogen-bond donors (Lipinski definition) is 3. The van der Waals surface area contributed by atoms with Gasteiger partial charge >= 0.3 is 0 Å². The van der Waals surface area contributed by atoms with Crippen LogP contribution in [0.3, 0.4) is 0 Å². The summed E-state index contributed by atoms with van der Waals surface area (Å²) in [5.41, 5.74) is 5.84. The summed E-state index contributed by atoms with van der Waals surface area (Å²) in [5, 5.41) is 28.5. The number of halogens is 2. The number of nitrogens with two attached hydrogens (primary N) is 1. The van der Waals surface area contributed by atoms with Crippen molar-refractivity contribution in [3.05, 3.63) is 42.0 Å². The Morgan fingerprint density at radius 3 is 2.79 bits per heavy atom. The molecule has 5 rings (SSSR count). The zero-order chi connectivity index (χ0) is 24.2. The van der Waals surface area contributed by atoms with Gasteiger partial charge in [0.1, 0.15) is 16.9 Å². The van der Waals surface area contributed by atoms with Gasteiger partial charge in [0.15, 0.2) is 17.3 Å². The van der Waals surface area contributed by atoms with Crippen LogP contribution in [0.2, 0.25) is 0 Å². The highest BCUT2D eigenvalue weighted by Crippen LogP contribution is 2.33. The fraction of sp³-hybridized carbons (Fsp3) is 0.455. The average Bonchev–Trinajstić information content (AvgIpc) is 3.43. The van der Waals surface area contributed by atoms with Gasteiger partial charge in [-0.2, -0.15) is 9.61 Å². The number of fused-ring (bicyclic) bond motifs is 3. The molecule has 0 aliphatic carbocycles. The summed E-state index contributed by atoms with van der Waals surface area (Å²) in [4.78, 5) is 10.9. The summed E-state index contributed by atoms with van der Waals surface area (Å²) in [5.74, 6) is -1.07. The first-order chi connectivity index (χ1) is 16.1. The van der Waals surface area contributed by atoms with E-state index in [1.165, 1.54) is 10.6 Å². The second kappa shape index (κ2) is 8.13. The van der Waals surface area contributed by atoms with Gasteiger partial charge in [-0.25, -0.2) is 18.7 Å². The van der Waals surface area contributed by atoms with Crippen LogP contribution in [0.25, 0.3) is 16.6 Å². The monoisotopic (exact) mass is 472 g/mol. The van der Waals surface area contributed by atoms with E-state index in [2.05, 4.69) is 32.0 Å². The van der Waals surface area contributed by atoms with Gasteiger partial charge in [-0.1, -0.05) is 0 Å². The fourth-order valence-electron chi connectivity index (χ4n) is 4.51. The van der Waals surface area contributed by atoms with Gasteiger partial charge in [-0.05, 0) is 32.8 Å². The van der Waals surface area contributed by atoms with E-state index < -0.39 is 17.2 Å². The van der Waals surface area contributed by atoms with Crippen LogP contribution < -0.4 is 10.6 Å². The van der Waals surface area contributed by atoms with E-state index in [0.717, 1.165) is 24.6 Å². The van der Waals surface area contributed by atoms with E-state index in [0.29, 0.717) is 12.4 Å². The Balaban J connectivity index is 1.47. The van der Waals surface area contributed by atoms with Gasteiger partial charge in [-0.15, -0.1) is 5.10 Å². The second-order valence-electron chi connectivity index (χ2n) is 9.29. The predicted octanol–water partition coefficient (Wildman–Crippen LogP) is 1.85. The molecule has 3 aromatic heterocycles. The number of benzene rings is 1. The fourth-order valence-corrected chi connectivity index (χ4v) is 4.51. The molecule has 0 saturated carbocycles. The highest BCUT2D eigenvalue weighted by Gasteiger charge is 2.31. The number of hydrogen-bond acceptors (Lipinski definition) is 8. The van der Waals surface area contributed by atoms with Crippen molar-refractivity contribution in [3.63, 3.8) is 0 Å². The molecule has 0 radical (unpaired) electrons. The van der Waals surface area contributed by atoms with Crippen LogP contribution in [0.1, 0.15) is 38.4 Å². The molecule has 1 saturated heterocycles. The van der Waals surface area contributed by atoms with Crippen LogP contribution in [-0.4, -0.2) is 64.4 Å². The molecule has 0 bridgehead atoms. The molecule has 4 aromatic rings. The molecule has 0 spiro atoms. The highest BCUT2D eigenvalue weighted by atomic mass is 19.1. The Morgan fingerprint density at radius 2 is 2.03 bits per heavy atom. The number of piperidine rings is 1. The Kier molecular flexibility index (Phi) is 5.36. The number of rotatable bonds is 5. The summed E-state index contributed by atoms with van der Waals surface area (Å²) >= 11 is 0. The largest absolute Gasteiger partial charge is 0.393 e. The SMILES string of the molecule is C[C@@H]1CC[C@H](c2nc3c4cc(F)cc(F)c4nc(N)n3n2)CN1c1cnn(CC(C)(O)CO)c1. The van der Waals surface area contributed by atoms with Crippen LogP contribution in [0, 0.1) is 11.6 Å². The van der Waals surface area contributed by atoms with Gasteiger partial charge in [-0.3, -0.25) is 4.68 Å². The highest BCUT2D eigenvalue weighted by molar-refractivity contribution is 5.92. The zero-order valence-corrected chi connectivity index (χ0v) is 18.9. The molecule has 1 aromatic carbocycles. The van der Waals surface area contributed by atoms with Crippen LogP contribution >= 0.6 is 0 Å². The Bertz CT molecular complexity index is 1370. The van der Waals surface area contributed by atoms with Crippen molar-refractivity contribution in [2.24, 2.45) is 0 Å². The molecule has 0 amide bonds. The summed E-state index contributed by atoms with van der Waals surface area (Å²) < 4.78 is 31.1.